The van der Waals surface area contributed by atoms with Crippen molar-refractivity contribution in [3.63, 3.8) is 0 Å². The molecule has 2 rings (SSSR count). The fraction of sp³-hybridized carbons (Fsp3) is 0.714. The molecule has 0 saturated carbocycles. The van der Waals surface area contributed by atoms with Crippen molar-refractivity contribution in [1.29, 1.82) is 0 Å². The lowest BCUT2D eigenvalue weighted by molar-refractivity contribution is 0.181. The predicted molar refractivity (Wildman–Crippen MR) is 86.7 cm³/mol. The van der Waals surface area contributed by atoms with Crippen molar-refractivity contribution >= 4 is 21.6 Å². The fourth-order valence-corrected chi connectivity index (χ4v) is 3.27. The number of aromatic nitrogens is 2. The number of nitrogens with zero attached hydrogens (tertiary/aromatic N) is 3. The third kappa shape index (κ3) is 4.05. The largest absolute Gasteiger partial charge is 0.383 e. The van der Waals surface area contributed by atoms with Crippen LogP contribution in [0.3, 0.4) is 0 Å². The van der Waals surface area contributed by atoms with E-state index in [0.717, 1.165) is 44.6 Å². The summed E-state index contributed by atoms with van der Waals surface area (Å²) < 4.78 is 7.00. The first kappa shape index (κ1) is 16.5. The number of nitrogens with two attached hydrogens (primary N) is 1. The Kier molecular flexibility index (Phi) is 6.20. The van der Waals surface area contributed by atoms with Gasteiger partial charge in [0.1, 0.15) is 4.47 Å². The molecule has 1 aliphatic rings. The van der Waals surface area contributed by atoms with Crippen LogP contribution in [0.2, 0.25) is 0 Å². The summed E-state index contributed by atoms with van der Waals surface area (Å²) in [6.07, 6.45) is 5.10. The maximum atomic E-state index is 12.3. The number of piperidine rings is 1. The zero-order valence-electron chi connectivity index (χ0n) is 12.4. The highest BCUT2D eigenvalue weighted by Crippen LogP contribution is 2.27. The summed E-state index contributed by atoms with van der Waals surface area (Å²) in [6, 6.07) is 0. The molecular formula is C14H23BrN4O2. The molecule has 0 bridgehead atoms. The first-order chi connectivity index (χ1) is 10.2. The maximum absolute atomic E-state index is 12.3. The molecule has 21 heavy (non-hydrogen) atoms. The van der Waals surface area contributed by atoms with E-state index in [4.69, 9.17) is 10.5 Å². The second-order valence-corrected chi connectivity index (χ2v) is 6.17. The number of hydrogen-bond acceptors (Lipinski definition) is 5. The van der Waals surface area contributed by atoms with Crippen LogP contribution in [-0.2, 0) is 11.3 Å². The van der Waals surface area contributed by atoms with Crippen LogP contribution in [0.5, 0.6) is 0 Å². The van der Waals surface area contributed by atoms with Crippen LogP contribution in [0, 0.1) is 5.92 Å². The van der Waals surface area contributed by atoms with E-state index in [1.807, 2.05) is 0 Å². The van der Waals surface area contributed by atoms with Crippen molar-refractivity contribution in [1.82, 2.24) is 9.78 Å². The lowest BCUT2D eigenvalue weighted by atomic mass is 9.93. The standard InChI is InChI=1S/C14H23BrN4O2/c1-21-9-8-19-14(20)13(15)12(10-17-19)18-6-3-11(2-5-16)4-7-18/h10-11H,2-9,16H2,1H3. The van der Waals surface area contributed by atoms with Crippen molar-refractivity contribution in [2.45, 2.75) is 25.8 Å². The summed E-state index contributed by atoms with van der Waals surface area (Å²) in [5, 5.41) is 4.24. The Morgan fingerprint density at radius 2 is 2.19 bits per heavy atom. The third-order valence-electron chi connectivity index (χ3n) is 4.00. The number of methoxy groups -OCH3 is 1. The Morgan fingerprint density at radius 1 is 1.48 bits per heavy atom. The van der Waals surface area contributed by atoms with Gasteiger partial charge in [-0.15, -0.1) is 0 Å². The van der Waals surface area contributed by atoms with Crippen LogP contribution in [0.25, 0.3) is 0 Å². The van der Waals surface area contributed by atoms with Crippen LogP contribution >= 0.6 is 15.9 Å². The van der Waals surface area contributed by atoms with Gasteiger partial charge < -0.3 is 15.4 Å². The number of anilines is 1. The molecule has 1 aromatic heterocycles. The Balaban J connectivity index is 2.08. The summed E-state index contributed by atoms with van der Waals surface area (Å²) in [6.45, 7) is 3.60. The molecule has 0 unspecified atom stereocenters. The lowest BCUT2D eigenvalue weighted by Gasteiger charge is -2.33. The molecule has 1 aromatic rings. The third-order valence-corrected chi connectivity index (χ3v) is 4.75. The maximum Gasteiger partial charge on any atom is 0.283 e. The van der Waals surface area contributed by atoms with E-state index >= 15 is 0 Å². The minimum atomic E-state index is -0.103. The van der Waals surface area contributed by atoms with Crippen molar-refractivity contribution in [3.05, 3.63) is 21.0 Å². The van der Waals surface area contributed by atoms with Gasteiger partial charge >= 0.3 is 0 Å². The first-order valence-electron chi connectivity index (χ1n) is 7.37. The Hall–Kier alpha value is -0.920. The zero-order chi connectivity index (χ0) is 15.2. The minimum absolute atomic E-state index is 0.103. The zero-order valence-corrected chi connectivity index (χ0v) is 14.0. The molecule has 2 N–H and O–H groups in total. The molecule has 1 aliphatic heterocycles. The summed E-state index contributed by atoms with van der Waals surface area (Å²) in [5.41, 5.74) is 6.41. The number of ether oxygens (including phenoxy) is 1. The number of halogens is 1. The molecule has 2 heterocycles. The summed E-state index contributed by atoms with van der Waals surface area (Å²) in [4.78, 5) is 14.5. The SMILES string of the molecule is COCCn1ncc(N2CCC(CCN)CC2)c(Br)c1=O. The van der Waals surface area contributed by atoms with E-state index in [2.05, 4.69) is 25.9 Å². The van der Waals surface area contributed by atoms with E-state index < -0.39 is 0 Å². The highest BCUT2D eigenvalue weighted by atomic mass is 79.9. The van der Waals surface area contributed by atoms with Gasteiger partial charge in [0.15, 0.2) is 0 Å². The first-order valence-corrected chi connectivity index (χ1v) is 8.16. The molecular weight excluding hydrogens is 336 g/mol. The molecule has 1 fully saturated rings. The van der Waals surface area contributed by atoms with Crippen LogP contribution in [-0.4, -0.2) is 43.1 Å². The molecule has 0 radical (unpaired) electrons. The van der Waals surface area contributed by atoms with Gasteiger partial charge in [-0.1, -0.05) is 0 Å². The van der Waals surface area contributed by atoms with E-state index in [1.54, 1.807) is 13.3 Å². The molecule has 0 spiro atoms. The number of hydrogen-bond donors (Lipinski definition) is 1. The van der Waals surface area contributed by atoms with Gasteiger partial charge in [0.25, 0.3) is 5.56 Å². The second-order valence-electron chi connectivity index (χ2n) is 5.37. The molecule has 0 atom stereocenters. The van der Waals surface area contributed by atoms with Crippen LogP contribution < -0.4 is 16.2 Å². The molecule has 0 amide bonds. The molecule has 0 aromatic carbocycles. The minimum Gasteiger partial charge on any atom is -0.383 e. The normalized spacial score (nSPS) is 16.4. The van der Waals surface area contributed by atoms with Gasteiger partial charge in [0.2, 0.25) is 0 Å². The molecule has 6 nitrogen and oxygen atoms in total. The summed E-state index contributed by atoms with van der Waals surface area (Å²) >= 11 is 3.43. The van der Waals surface area contributed by atoms with E-state index in [-0.39, 0.29) is 5.56 Å². The highest BCUT2D eigenvalue weighted by molar-refractivity contribution is 9.10. The number of rotatable bonds is 6. The molecule has 0 aliphatic carbocycles. The van der Waals surface area contributed by atoms with E-state index in [9.17, 15) is 4.79 Å². The van der Waals surface area contributed by atoms with Crippen molar-refractivity contribution < 1.29 is 4.74 Å². The van der Waals surface area contributed by atoms with Gasteiger partial charge in [0, 0.05) is 20.2 Å². The Labute approximate surface area is 133 Å². The quantitative estimate of drug-likeness (QED) is 0.827. The molecule has 7 heteroatoms. The van der Waals surface area contributed by atoms with Gasteiger partial charge in [-0.3, -0.25) is 4.79 Å². The Bertz CT molecular complexity index is 512. The topological polar surface area (TPSA) is 73.4 Å². The van der Waals surface area contributed by atoms with Crippen LogP contribution in [0.15, 0.2) is 15.5 Å². The summed E-state index contributed by atoms with van der Waals surface area (Å²) in [7, 11) is 1.61. The second kappa shape index (κ2) is 7.91. The van der Waals surface area contributed by atoms with Crippen molar-refractivity contribution in [2.75, 3.05) is 38.3 Å². The van der Waals surface area contributed by atoms with Gasteiger partial charge in [-0.2, -0.15) is 5.10 Å². The van der Waals surface area contributed by atoms with E-state index in [1.165, 1.54) is 4.68 Å². The van der Waals surface area contributed by atoms with Crippen molar-refractivity contribution in [2.24, 2.45) is 11.7 Å². The highest BCUT2D eigenvalue weighted by Gasteiger charge is 2.22. The average molecular weight is 359 g/mol. The lowest BCUT2D eigenvalue weighted by Crippen LogP contribution is -2.36. The van der Waals surface area contributed by atoms with Gasteiger partial charge in [0.05, 0.1) is 25.0 Å². The molecule has 118 valence electrons. The fourth-order valence-electron chi connectivity index (χ4n) is 2.71. The average Bonchev–Trinajstić information content (AvgIpc) is 2.50. The predicted octanol–water partition coefficient (Wildman–Crippen LogP) is 1.22. The van der Waals surface area contributed by atoms with Crippen LogP contribution in [0.1, 0.15) is 19.3 Å². The van der Waals surface area contributed by atoms with Gasteiger partial charge in [-0.05, 0) is 47.7 Å². The Morgan fingerprint density at radius 3 is 2.81 bits per heavy atom. The monoisotopic (exact) mass is 358 g/mol. The smallest absolute Gasteiger partial charge is 0.283 e. The van der Waals surface area contributed by atoms with Crippen molar-refractivity contribution in [3.8, 4) is 0 Å². The molecule has 1 saturated heterocycles. The summed E-state index contributed by atoms with van der Waals surface area (Å²) in [5.74, 6) is 0.708. The van der Waals surface area contributed by atoms with E-state index in [0.29, 0.717) is 23.5 Å². The van der Waals surface area contributed by atoms with Gasteiger partial charge in [-0.25, -0.2) is 4.68 Å². The van der Waals surface area contributed by atoms with Crippen LogP contribution in [0.4, 0.5) is 5.69 Å².